The van der Waals surface area contributed by atoms with Gasteiger partial charge in [0.25, 0.3) is 0 Å². The summed E-state index contributed by atoms with van der Waals surface area (Å²) in [6.07, 6.45) is 4.07. The van der Waals surface area contributed by atoms with Crippen molar-refractivity contribution in [3.8, 4) is 0 Å². The lowest BCUT2D eigenvalue weighted by Crippen LogP contribution is -2.10. The molecule has 0 aliphatic heterocycles. The van der Waals surface area contributed by atoms with Crippen molar-refractivity contribution in [1.82, 2.24) is 4.98 Å². The third-order valence-electron chi connectivity index (χ3n) is 1.53. The fourth-order valence-corrected chi connectivity index (χ4v) is 0.976. The maximum atomic E-state index is 10.3. The van der Waals surface area contributed by atoms with E-state index in [1.807, 2.05) is 18.3 Å². The standard InChI is InChI=1S/C8H12N2O/c9-8(11)5-1-3-7-4-2-6-10-7/h2,4,6,10H,1,3,5H2,(H2,9,11). The Kier molecular flexibility index (Phi) is 2.72. The van der Waals surface area contributed by atoms with Crippen LogP contribution in [0.2, 0.25) is 0 Å². The van der Waals surface area contributed by atoms with Crippen LogP contribution in [0.15, 0.2) is 18.3 Å². The lowest BCUT2D eigenvalue weighted by molar-refractivity contribution is -0.118. The van der Waals surface area contributed by atoms with Crippen LogP contribution in [0, 0.1) is 0 Å². The largest absolute Gasteiger partial charge is 0.370 e. The molecule has 0 aliphatic carbocycles. The summed E-state index contributed by atoms with van der Waals surface area (Å²) < 4.78 is 0. The molecule has 1 heterocycles. The molecule has 0 bridgehead atoms. The van der Waals surface area contributed by atoms with E-state index in [4.69, 9.17) is 5.73 Å². The highest BCUT2D eigenvalue weighted by atomic mass is 16.1. The number of hydrogen-bond acceptors (Lipinski definition) is 1. The fraction of sp³-hybridized carbons (Fsp3) is 0.375. The van der Waals surface area contributed by atoms with Gasteiger partial charge in [0.2, 0.25) is 5.91 Å². The van der Waals surface area contributed by atoms with Crippen molar-refractivity contribution in [2.45, 2.75) is 19.3 Å². The number of hydrogen-bond donors (Lipinski definition) is 2. The second-order valence-corrected chi connectivity index (χ2v) is 2.52. The number of carbonyl (C=O) groups is 1. The molecule has 1 aromatic rings. The fourth-order valence-electron chi connectivity index (χ4n) is 0.976. The van der Waals surface area contributed by atoms with Crippen LogP contribution < -0.4 is 5.73 Å². The number of aromatic amines is 1. The molecule has 3 heteroatoms. The van der Waals surface area contributed by atoms with Gasteiger partial charge in [-0.3, -0.25) is 4.79 Å². The van der Waals surface area contributed by atoms with Crippen LogP contribution >= 0.6 is 0 Å². The maximum Gasteiger partial charge on any atom is 0.217 e. The monoisotopic (exact) mass is 152 g/mol. The van der Waals surface area contributed by atoms with Crippen molar-refractivity contribution in [2.75, 3.05) is 0 Å². The van der Waals surface area contributed by atoms with Gasteiger partial charge in [0, 0.05) is 18.3 Å². The quantitative estimate of drug-likeness (QED) is 0.659. The first-order valence-electron chi connectivity index (χ1n) is 3.69. The highest BCUT2D eigenvalue weighted by molar-refractivity contribution is 5.73. The zero-order valence-corrected chi connectivity index (χ0v) is 6.34. The molecule has 0 unspecified atom stereocenters. The summed E-state index contributed by atoms with van der Waals surface area (Å²) in [7, 11) is 0. The van der Waals surface area contributed by atoms with Gasteiger partial charge >= 0.3 is 0 Å². The first kappa shape index (κ1) is 7.85. The average molecular weight is 152 g/mol. The highest BCUT2D eigenvalue weighted by Gasteiger charge is 1.95. The predicted molar refractivity (Wildman–Crippen MR) is 42.9 cm³/mol. The van der Waals surface area contributed by atoms with Crippen LogP contribution in [0.5, 0.6) is 0 Å². The van der Waals surface area contributed by atoms with Gasteiger partial charge in [-0.15, -0.1) is 0 Å². The third-order valence-corrected chi connectivity index (χ3v) is 1.53. The molecule has 3 nitrogen and oxygen atoms in total. The summed E-state index contributed by atoms with van der Waals surface area (Å²) in [6.45, 7) is 0. The Morgan fingerprint density at radius 2 is 2.45 bits per heavy atom. The summed E-state index contributed by atoms with van der Waals surface area (Å²) in [6, 6.07) is 3.95. The van der Waals surface area contributed by atoms with E-state index < -0.39 is 0 Å². The van der Waals surface area contributed by atoms with Crippen molar-refractivity contribution >= 4 is 5.91 Å². The minimum atomic E-state index is -0.225. The van der Waals surface area contributed by atoms with Crippen LogP contribution in [0.4, 0.5) is 0 Å². The molecule has 60 valence electrons. The van der Waals surface area contributed by atoms with Crippen molar-refractivity contribution in [1.29, 1.82) is 0 Å². The van der Waals surface area contributed by atoms with Gasteiger partial charge < -0.3 is 10.7 Å². The molecule has 0 atom stereocenters. The van der Waals surface area contributed by atoms with Crippen LogP contribution in [-0.4, -0.2) is 10.9 Å². The van der Waals surface area contributed by atoms with Crippen molar-refractivity contribution in [3.63, 3.8) is 0 Å². The van der Waals surface area contributed by atoms with Crippen LogP contribution in [0.3, 0.4) is 0 Å². The zero-order chi connectivity index (χ0) is 8.10. The maximum absolute atomic E-state index is 10.3. The van der Waals surface area contributed by atoms with Crippen molar-refractivity contribution in [3.05, 3.63) is 24.0 Å². The molecule has 0 spiro atoms. The normalized spacial score (nSPS) is 9.82. The van der Waals surface area contributed by atoms with E-state index >= 15 is 0 Å². The molecule has 1 amide bonds. The first-order valence-corrected chi connectivity index (χ1v) is 3.69. The topological polar surface area (TPSA) is 58.9 Å². The Bertz CT molecular complexity index is 216. The van der Waals surface area contributed by atoms with Gasteiger partial charge in [0.05, 0.1) is 0 Å². The lowest BCUT2D eigenvalue weighted by Gasteiger charge is -1.94. The molecule has 0 fully saturated rings. The Morgan fingerprint density at radius 3 is 3.00 bits per heavy atom. The number of carbonyl (C=O) groups excluding carboxylic acids is 1. The van der Waals surface area contributed by atoms with Gasteiger partial charge in [0.15, 0.2) is 0 Å². The molecule has 1 rings (SSSR count). The highest BCUT2D eigenvalue weighted by Crippen LogP contribution is 2.00. The van der Waals surface area contributed by atoms with E-state index in [0.717, 1.165) is 18.5 Å². The van der Waals surface area contributed by atoms with Gasteiger partial charge in [-0.25, -0.2) is 0 Å². The van der Waals surface area contributed by atoms with Crippen LogP contribution in [-0.2, 0) is 11.2 Å². The second kappa shape index (κ2) is 3.81. The van der Waals surface area contributed by atoms with Crippen molar-refractivity contribution < 1.29 is 4.79 Å². The summed E-state index contributed by atoms with van der Waals surface area (Å²) in [4.78, 5) is 13.4. The van der Waals surface area contributed by atoms with E-state index in [1.165, 1.54) is 0 Å². The first-order chi connectivity index (χ1) is 5.29. The number of rotatable bonds is 4. The molecule has 11 heavy (non-hydrogen) atoms. The van der Waals surface area contributed by atoms with E-state index in [-0.39, 0.29) is 5.91 Å². The van der Waals surface area contributed by atoms with Crippen LogP contribution in [0.25, 0.3) is 0 Å². The Labute approximate surface area is 65.6 Å². The number of aromatic nitrogens is 1. The molecule has 0 saturated heterocycles. The second-order valence-electron chi connectivity index (χ2n) is 2.52. The van der Waals surface area contributed by atoms with E-state index in [9.17, 15) is 4.79 Å². The van der Waals surface area contributed by atoms with E-state index in [2.05, 4.69) is 4.98 Å². The number of nitrogens with two attached hydrogens (primary N) is 1. The van der Waals surface area contributed by atoms with Gasteiger partial charge in [-0.05, 0) is 25.0 Å². The average Bonchev–Trinajstić information content (AvgIpc) is 2.39. The number of amides is 1. The Hall–Kier alpha value is -1.25. The SMILES string of the molecule is NC(=O)CCCc1ccc[nH]1. The molecule has 0 aliphatic rings. The van der Waals surface area contributed by atoms with Crippen molar-refractivity contribution in [2.24, 2.45) is 5.73 Å². The third kappa shape index (κ3) is 2.89. The lowest BCUT2D eigenvalue weighted by atomic mass is 10.2. The summed E-state index contributed by atoms with van der Waals surface area (Å²) in [5, 5.41) is 0. The number of aryl methyl sites for hydroxylation is 1. The number of H-pyrrole nitrogens is 1. The summed E-state index contributed by atoms with van der Waals surface area (Å²) >= 11 is 0. The van der Waals surface area contributed by atoms with E-state index in [0.29, 0.717) is 6.42 Å². The Balaban J connectivity index is 2.19. The smallest absolute Gasteiger partial charge is 0.217 e. The molecule has 1 aromatic heterocycles. The number of primary amides is 1. The minimum Gasteiger partial charge on any atom is -0.370 e. The molecular formula is C8H12N2O. The van der Waals surface area contributed by atoms with Crippen LogP contribution in [0.1, 0.15) is 18.5 Å². The van der Waals surface area contributed by atoms with Gasteiger partial charge in [-0.1, -0.05) is 0 Å². The number of nitrogens with one attached hydrogen (secondary N) is 1. The summed E-state index contributed by atoms with van der Waals surface area (Å²) in [5.41, 5.74) is 6.14. The Morgan fingerprint density at radius 1 is 1.64 bits per heavy atom. The van der Waals surface area contributed by atoms with Gasteiger partial charge in [0.1, 0.15) is 0 Å². The zero-order valence-electron chi connectivity index (χ0n) is 6.34. The molecule has 3 N–H and O–H groups in total. The van der Waals surface area contributed by atoms with Gasteiger partial charge in [-0.2, -0.15) is 0 Å². The molecule has 0 aromatic carbocycles. The molecule has 0 radical (unpaired) electrons. The molecular weight excluding hydrogens is 140 g/mol. The summed E-state index contributed by atoms with van der Waals surface area (Å²) in [5.74, 6) is -0.225. The molecule has 0 saturated carbocycles. The minimum absolute atomic E-state index is 0.225. The van der Waals surface area contributed by atoms with E-state index in [1.54, 1.807) is 0 Å². The predicted octanol–water partition coefficient (Wildman–Crippen LogP) is 0.823.